The van der Waals surface area contributed by atoms with Gasteiger partial charge < -0.3 is 0 Å². The summed E-state index contributed by atoms with van der Waals surface area (Å²) in [6, 6.07) is 8.98. The predicted octanol–water partition coefficient (Wildman–Crippen LogP) is 0.0848. The van der Waals surface area contributed by atoms with Crippen molar-refractivity contribution in [1.29, 1.82) is 0 Å². The number of nitrogens with zero attached hydrogens (tertiary/aromatic N) is 3. The quantitative estimate of drug-likeness (QED) is 0.0807. The molecule has 19 nitrogen and oxygen atoms in total. The molecule has 0 aliphatic rings. The minimum absolute atomic E-state index is 0.0522. The lowest BCUT2D eigenvalue weighted by Gasteiger charge is -2.09. The summed E-state index contributed by atoms with van der Waals surface area (Å²) in [4.78, 5) is 12.4. The number of hydrogen-bond acceptors (Lipinski definition) is 13. The van der Waals surface area contributed by atoms with Crippen LogP contribution in [-0.4, -0.2) is 78.9 Å². The molecule has 0 bridgehead atoms. The van der Waals surface area contributed by atoms with Crippen LogP contribution in [0.2, 0.25) is 0 Å². The average molecular weight is 685 g/mol. The van der Waals surface area contributed by atoms with Gasteiger partial charge >= 0.3 is 20.8 Å². The van der Waals surface area contributed by atoms with E-state index >= 15 is 0 Å². The molecule has 2 aromatic carbocycles. The van der Waals surface area contributed by atoms with Gasteiger partial charge in [0.25, 0.3) is 5.56 Å². The monoisotopic (exact) mass is 684 g/mol. The third-order valence-electron chi connectivity index (χ3n) is 5.15. The molecular weight excluding hydrogens is 661 g/mol. The molecule has 0 saturated carbocycles. The highest BCUT2D eigenvalue weighted by Crippen LogP contribution is 2.24. The fraction of sp³-hybridized carbons (Fsp3) is 0.250. The summed E-state index contributed by atoms with van der Waals surface area (Å²) in [5.74, 6) is 0. The SMILES string of the molecule is Cc1ccc(N=Nc2c[nH]n(-c3ccc(S(=O)(=O)NCCOS(=O)(=O)O)cc3)c2=O)cc1S(=O)(=O)NCCOS(=O)(=O)O. The minimum Gasteiger partial charge on any atom is -0.296 e. The Morgan fingerprint density at radius 2 is 1.37 bits per heavy atom. The number of azo groups is 1. The molecular formula is C20H24N6O13S4. The van der Waals surface area contributed by atoms with Crippen LogP contribution in [0.25, 0.3) is 5.69 Å². The van der Waals surface area contributed by atoms with Gasteiger partial charge in [-0.05, 0) is 48.9 Å². The normalized spacial score (nSPS) is 13.1. The maximum atomic E-state index is 12.8. The van der Waals surface area contributed by atoms with Crippen molar-refractivity contribution in [3.63, 3.8) is 0 Å². The summed E-state index contributed by atoms with van der Waals surface area (Å²) in [7, 11) is -17.7. The number of nitrogens with one attached hydrogen (secondary N) is 3. The highest BCUT2D eigenvalue weighted by Gasteiger charge is 2.18. The number of H-pyrrole nitrogens is 1. The van der Waals surface area contributed by atoms with Crippen molar-refractivity contribution in [3.8, 4) is 5.69 Å². The summed E-state index contributed by atoms with van der Waals surface area (Å²) in [6.45, 7) is -0.714. The van der Waals surface area contributed by atoms with Crippen LogP contribution in [0.4, 0.5) is 11.4 Å². The number of rotatable bonds is 15. The largest absolute Gasteiger partial charge is 0.397 e. The Balaban J connectivity index is 1.72. The van der Waals surface area contributed by atoms with Crippen molar-refractivity contribution in [2.45, 2.75) is 16.7 Å². The molecule has 0 fully saturated rings. The van der Waals surface area contributed by atoms with E-state index in [1.807, 2.05) is 0 Å². The van der Waals surface area contributed by atoms with E-state index in [1.165, 1.54) is 49.5 Å². The molecule has 0 spiro atoms. The number of hydrogen-bond donors (Lipinski definition) is 5. The zero-order chi connectivity index (χ0) is 32.1. The van der Waals surface area contributed by atoms with Crippen LogP contribution in [0.3, 0.4) is 0 Å². The molecule has 23 heteroatoms. The molecule has 0 amide bonds. The van der Waals surface area contributed by atoms with Gasteiger partial charge in [-0.2, -0.15) is 21.9 Å². The van der Waals surface area contributed by atoms with Crippen molar-refractivity contribution < 1.29 is 51.1 Å². The Hall–Kier alpha value is -3.39. The molecule has 1 heterocycles. The molecule has 3 rings (SSSR count). The molecule has 43 heavy (non-hydrogen) atoms. The summed E-state index contributed by atoms with van der Waals surface area (Å²) >= 11 is 0. The van der Waals surface area contributed by atoms with Crippen molar-refractivity contribution in [3.05, 3.63) is 64.6 Å². The van der Waals surface area contributed by atoms with Crippen LogP contribution >= 0.6 is 0 Å². The van der Waals surface area contributed by atoms with Crippen molar-refractivity contribution >= 4 is 52.2 Å². The van der Waals surface area contributed by atoms with Crippen LogP contribution in [0, 0.1) is 6.92 Å². The van der Waals surface area contributed by atoms with E-state index in [2.05, 4.69) is 33.1 Å². The summed E-state index contributed by atoms with van der Waals surface area (Å²) in [5, 5.41) is 10.4. The van der Waals surface area contributed by atoms with Crippen molar-refractivity contribution in [2.75, 3.05) is 26.3 Å². The number of sulfonamides is 2. The van der Waals surface area contributed by atoms with Crippen LogP contribution in [0.15, 0.2) is 73.5 Å². The van der Waals surface area contributed by atoms with Crippen LogP contribution < -0.4 is 15.0 Å². The van der Waals surface area contributed by atoms with E-state index < -0.39 is 72.7 Å². The molecule has 3 aromatic rings. The highest BCUT2D eigenvalue weighted by molar-refractivity contribution is 7.89. The summed E-state index contributed by atoms with van der Waals surface area (Å²) < 4.78 is 123. The van der Waals surface area contributed by atoms with Gasteiger partial charge in [-0.3, -0.25) is 19.0 Å². The topological polar surface area (TPSA) is 282 Å². The first-order valence-electron chi connectivity index (χ1n) is 11.5. The second kappa shape index (κ2) is 13.5. The third-order valence-corrected chi connectivity index (χ3v) is 9.15. The second-order valence-corrected chi connectivity index (χ2v) is 13.9. The van der Waals surface area contributed by atoms with Crippen LogP contribution in [0.5, 0.6) is 0 Å². The number of aromatic nitrogens is 2. The minimum atomic E-state index is -4.74. The van der Waals surface area contributed by atoms with Gasteiger partial charge in [0.05, 0.1) is 40.6 Å². The molecule has 0 aliphatic carbocycles. The molecule has 1 aromatic heterocycles. The first-order valence-corrected chi connectivity index (χ1v) is 17.2. The van der Waals surface area contributed by atoms with Crippen molar-refractivity contribution in [2.24, 2.45) is 10.2 Å². The molecule has 0 saturated heterocycles. The zero-order valence-electron chi connectivity index (χ0n) is 21.8. The Morgan fingerprint density at radius 1 is 0.814 bits per heavy atom. The lowest BCUT2D eigenvalue weighted by Crippen LogP contribution is -2.28. The average Bonchev–Trinajstić information content (AvgIpc) is 3.27. The fourth-order valence-corrected chi connectivity index (χ4v) is 6.13. The van der Waals surface area contributed by atoms with E-state index in [0.717, 1.165) is 10.7 Å². The summed E-state index contributed by atoms with van der Waals surface area (Å²) in [5.41, 5.74) is -0.273. The predicted molar refractivity (Wildman–Crippen MR) is 147 cm³/mol. The molecule has 236 valence electrons. The Morgan fingerprint density at radius 3 is 1.93 bits per heavy atom. The van der Waals surface area contributed by atoms with Gasteiger partial charge in [0, 0.05) is 13.1 Å². The highest BCUT2D eigenvalue weighted by atomic mass is 32.3. The van der Waals surface area contributed by atoms with Gasteiger partial charge in [0.15, 0.2) is 5.69 Å². The first kappa shape index (κ1) is 34.1. The Labute approximate surface area is 245 Å². The maximum absolute atomic E-state index is 12.8. The second-order valence-electron chi connectivity index (χ2n) is 8.24. The standard InChI is InChI=1S/C20H24N6O13S4/c1-14-2-3-15(12-19(14)41(30,31)23-9-11-39-43(35,36)37)24-25-18-13-21-26(20(18)27)16-4-6-17(7-5-16)40(28,29)22-8-10-38-42(32,33)34/h2-7,12-13,21-23H,8-11H2,1H3,(H,32,33,34)(H,35,36,37). The molecule has 0 aliphatic heterocycles. The van der Waals surface area contributed by atoms with Gasteiger partial charge in [-0.25, -0.2) is 39.3 Å². The summed E-state index contributed by atoms with van der Waals surface area (Å²) in [6.07, 6.45) is 1.20. The Kier molecular flexibility index (Phi) is 10.7. The molecule has 5 N–H and O–H groups in total. The van der Waals surface area contributed by atoms with E-state index in [0.29, 0.717) is 5.56 Å². The van der Waals surface area contributed by atoms with E-state index in [-0.39, 0.29) is 26.9 Å². The number of aromatic amines is 1. The van der Waals surface area contributed by atoms with Crippen molar-refractivity contribution in [1.82, 2.24) is 19.2 Å². The smallest absolute Gasteiger partial charge is 0.296 e. The van der Waals surface area contributed by atoms with E-state index in [4.69, 9.17) is 9.11 Å². The van der Waals surface area contributed by atoms with Crippen LogP contribution in [-0.2, 0) is 49.2 Å². The van der Waals surface area contributed by atoms with Gasteiger partial charge in [0.2, 0.25) is 20.0 Å². The maximum Gasteiger partial charge on any atom is 0.397 e. The molecule has 0 radical (unpaired) electrons. The molecule has 0 atom stereocenters. The molecule has 0 unspecified atom stereocenters. The van der Waals surface area contributed by atoms with E-state index in [9.17, 15) is 38.5 Å². The number of aryl methyl sites for hydroxylation is 1. The lowest BCUT2D eigenvalue weighted by atomic mass is 10.2. The first-order chi connectivity index (χ1) is 19.9. The van der Waals surface area contributed by atoms with Gasteiger partial charge in [-0.15, -0.1) is 5.11 Å². The van der Waals surface area contributed by atoms with E-state index in [1.54, 1.807) is 0 Å². The number of benzene rings is 2. The third kappa shape index (κ3) is 10.1. The fourth-order valence-electron chi connectivity index (χ4n) is 3.26. The van der Waals surface area contributed by atoms with Gasteiger partial charge in [0.1, 0.15) is 0 Å². The van der Waals surface area contributed by atoms with Crippen LogP contribution in [0.1, 0.15) is 5.56 Å². The lowest BCUT2D eigenvalue weighted by molar-refractivity contribution is 0.271. The Bertz CT molecular complexity index is 1990. The van der Waals surface area contributed by atoms with Gasteiger partial charge in [-0.1, -0.05) is 6.07 Å². The zero-order valence-corrected chi connectivity index (χ0v) is 25.1.